The molecule has 0 radical (unpaired) electrons. The normalized spacial score (nSPS) is 11.9. The Bertz CT molecular complexity index is 303. The molecule has 1 rings (SSSR count). The van der Waals surface area contributed by atoms with Gasteiger partial charge in [-0.05, 0) is 24.6 Å². The summed E-state index contributed by atoms with van der Waals surface area (Å²) in [5.74, 6) is -0.454. The second-order valence-corrected chi connectivity index (χ2v) is 3.13. The molecule has 0 amide bonds. The molecule has 1 unspecified atom stereocenters. The summed E-state index contributed by atoms with van der Waals surface area (Å²) in [6, 6.07) is 3.96. The van der Waals surface area contributed by atoms with E-state index in [9.17, 15) is 8.60 Å². The van der Waals surface area contributed by atoms with Crippen LogP contribution in [0.1, 0.15) is 5.56 Å². The van der Waals surface area contributed by atoms with Crippen LogP contribution >= 0.6 is 0 Å². The zero-order valence-electron chi connectivity index (χ0n) is 5.87. The summed E-state index contributed by atoms with van der Waals surface area (Å²) in [6.45, 7) is 1.60. The van der Waals surface area contributed by atoms with Crippen molar-refractivity contribution in [3.63, 3.8) is 0 Å². The average Bonchev–Trinajstić information content (AvgIpc) is 1.94. The molecular weight excluding hydrogens is 190 g/mol. The fraction of sp³-hybridized carbons (Fsp3) is 0.143. The summed E-state index contributed by atoms with van der Waals surface area (Å²) in [4.78, 5) is 0.0908. The fourth-order valence-electron chi connectivity index (χ4n) is 0.682. The third-order valence-corrected chi connectivity index (χ3v) is 2.00. The van der Waals surface area contributed by atoms with E-state index in [0.717, 1.165) is 6.07 Å². The fourth-order valence-corrected chi connectivity index (χ4v) is 1.07. The third-order valence-electron chi connectivity index (χ3n) is 1.34. The predicted octanol–water partition coefficient (Wildman–Crippen LogP) is 1.07. The van der Waals surface area contributed by atoms with Gasteiger partial charge in [0, 0.05) is 0 Å². The van der Waals surface area contributed by atoms with Crippen molar-refractivity contribution < 1.29 is 13.2 Å². The Morgan fingerprint density at radius 1 is 1.50 bits per heavy atom. The second-order valence-electron chi connectivity index (χ2n) is 2.16. The summed E-state index contributed by atoms with van der Waals surface area (Å²) < 4.78 is 31.6. The Morgan fingerprint density at radius 2 is 2.08 bits per heavy atom. The molecule has 0 aliphatic heterocycles. The van der Waals surface area contributed by atoms with Crippen LogP contribution in [0, 0.1) is 12.7 Å². The van der Waals surface area contributed by atoms with E-state index in [4.69, 9.17) is 4.55 Å². The van der Waals surface area contributed by atoms with Crippen molar-refractivity contribution in [2.24, 2.45) is 0 Å². The van der Waals surface area contributed by atoms with E-state index < -0.39 is 16.9 Å². The van der Waals surface area contributed by atoms with Gasteiger partial charge in [0.1, 0.15) is 5.82 Å². The molecule has 0 aliphatic rings. The van der Waals surface area contributed by atoms with Gasteiger partial charge in [-0.1, -0.05) is 6.07 Å². The van der Waals surface area contributed by atoms with E-state index in [0.29, 0.717) is 5.56 Å². The van der Waals surface area contributed by atoms with E-state index in [2.05, 4.69) is 0 Å². The molecule has 0 heterocycles. The zero-order chi connectivity index (χ0) is 8.43. The van der Waals surface area contributed by atoms with Crippen molar-refractivity contribution in [3.8, 4) is 0 Å². The van der Waals surface area contributed by atoms with Gasteiger partial charge in [0.05, 0.1) is 4.90 Å². The number of aryl methyl sites for hydroxylation is 1. The summed E-state index contributed by atoms with van der Waals surface area (Å²) >= 11 is -2.09. The summed E-state index contributed by atoms with van der Waals surface area (Å²) in [5, 5.41) is 0. The molecular formula is C7H8FNaO2S. The number of hydrogen-bond acceptors (Lipinski definition) is 1. The molecule has 0 aliphatic carbocycles. The van der Waals surface area contributed by atoms with Crippen molar-refractivity contribution in [1.82, 2.24) is 0 Å². The van der Waals surface area contributed by atoms with Crippen LogP contribution in [-0.2, 0) is 11.1 Å². The molecule has 0 aromatic heterocycles. The van der Waals surface area contributed by atoms with Crippen LogP contribution in [0.4, 0.5) is 4.39 Å². The van der Waals surface area contributed by atoms with Crippen molar-refractivity contribution in [3.05, 3.63) is 29.6 Å². The molecule has 0 fully saturated rings. The molecule has 2 nitrogen and oxygen atoms in total. The van der Waals surface area contributed by atoms with Crippen molar-refractivity contribution in [2.45, 2.75) is 11.8 Å². The molecule has 0 saturated heterocycles. The predicted molar refractivity (Wildman–Crippen MR) is 47.3 cm³/mol. The Hall–Kier alpha value is 0.260. The minimum atomic E-state index is -2.09. The first-order valence-corrected chi connectivity index (χ1v) is 4.09. The molecule has 0 spiro atoms. The van der Waals surface area contributed by atoms with Crippen LogP contribution in [-0.4, -0.2) is 38.3 Å². The Kier molecular flexibility index (Phi) is 5.20. The minimum absolute atomic E-state index is 0. The monoisotopic (exact) mass is 198 g/mol. The number of benzene rings is 1. The Labute approximate surface area is 94.8 Å². The second kappa shape index (κ2) is 5.09. The van der Waals surface area contributed by atoms with Gasteiger partial charge in [0.25, 0.3) is 0 Å². The van der Waals surface area contributed by atoms with Gasteiger partial charge in [-0.25, -0.2) is 8.60 Å². The van der Waals surface area contributed by atoms with Crippen molar-refractivity contribution in [2.75, 3.05) is 0 Å². The quantitative estimate of drug-likeness (QED) is 0.541. The van der Waals surface area contributed by atoms with Gasteiger partial charge in [0.15, 0.2) is 11.1 Å². The van der Waals surface area contributed by atoms with Crippen molar-refractivity contribution in [1.29, 1.82) is 0 Å². The molecule has 0 saturated carbocycles. The topological polar surface area (TPSA) is 37.3 Å². The van der Waals surface area contributed by atoms with Crippen LogP contribution in [0.5, 0.6) is 0 Å². The van der Waals surface area contributed by atoms with Crippen LogP contribution in [0.25, 0.3) is 0 Å². The van der Waals surface area contributed by atoms with Crippen molar-refractivity contribution >= 4 is 40.6 Å². The standard InChI is InChI=1S/C7H7FO2S.Na.H/c1-5-2-3-6(11(9)10)4-7(5)8;;/h2-4H,1H3,(H,9,10);;. The molecule has 1 N–H and O–H groups in total. The van der Waals surface area contributed by atoms with E-state index in [1.54, 1.807) is 6.92 Å². The van der Waals surface area contributed by atoms with Gasteiger partial charge >= 0.3 is 29.6 Å². The number of hydrogen-bond donors (Lipinski definition) is 1. The Morgan fingerprint density at radius 3 is 2.50 bits per heavy atom. The van der Waals surface area contributed by atoms with Crippen LogP contribution in [0.2, 0.25) is 0 Å². The van der Waals surface area contributed by atoms with Crippen LogP contribution in [0.3, 0.4) is 0 Å². The summed E-state index contributed by atoms with van der Waals surface area (Å²) in [7, 11) is 0. The molecule has 1 aromatic carbocycles. The molecule has 62 valence electrons. The first kappa shape index (κ1) is 12.3. The van der Waals surface area contributed by atoms with E-state index in [1.165, 1.54) is 12.1 Å². The van der Waals surface area contributed by atoms with E-state index >= 15 is 0 Å². The first-order chi connectivity index (χ1) is 5.11. The van der Waals surface area contributed by atoms with Gasteiger partial charge < -0.3 is 4.55 Å². The van der Waals surface area contributed by atoms with E-state index in [-0.39, 0.29) is 34.5 Å². The summed E-state index contributed by atoms with van der Waals surface area (Å²) in [5.41, 5.74) is 0.471. The van der Waals surface area contributed by atoms with E-state index in [1.807, 2.05) is 0 Å². The molecule has 0 bridgehead atoms. The van der Waals surface area contributed by atoms with Crippen LogP contribution < -0.4 is 0 Å². The zero-order valence-corrected chi connectivity index (χ0v) is 6.69. The molecule has 1 atom stereocenters. The van der Waals surface area contributed by atoms with Gasteiger partial charge in [-0.2, -0.15) is 0 Å². The average molecular weight is 198 g/mol. The first-order valence-electron chi connectivity index (χ1n) is 2.98. The third kappa shape index (κ3) is 2.95. The number of rotatable bonds is 1. The maximum atomic E-state index is 12.7. The summed E-state index contributed by atoms with van der Waals surface area (Å²) in [6.07, 6.45) is 0. The maximum absolute atomic E-state index is 12.7. The molecule has 1 aromatic rings. The number of halogens is 1. The van der Waals surface area contributed by atoms with Gasteiger partial charge in [-0.3, -0.25) is 0 Å². The Balaban J connectivity index is 0.00000121. The van der Waals surface area contributed by atoms with Gasteiger partial charge in [0.2, 0.25) is 0 Å². The molecule has 12 heavy (non-hydrogen) atoms. The molecule has 5 heteroatoms. The van der Waals surface area contributed by atoms with Gasteiger partial charge in [-0.15, -0.1) is 0 Å². The van der Waals surface area contributed by atoms with Crippen LogP contribution in [0.15, 0.2) is 23.1 Å². The SMILES string of the molecule is Cc1ccc(S(=O)O)cc1F.[NaH].